The smallest absolute Gasteiger partial charge is 0.194 e. The van der Waals surface area contributed by atoms with Crippen molar-refractivity contribution in [1.82, 2.24) is 10.2 Å². The average Bonchev–Trinajstić information content (AvgIpc) is 3.12. The van der Waals surface area contributed by atoms with Crippen molar-refractivity contribution in [3.63, 3.8) is 0 Å². The van der Waals surface area contributed by atoms with Crippen molar-refractivity contribution < 1.29 is 9.47 Å². The number of ether oxygens (including phenoxy) is 2. The first kappa shape index (κ1) is 21.4. The second kappa shape index (κ2) is 10.5. The van der Waals surface area contributed by atoms with Gasteiger partial charge in [0, 0.05) is 19.7 Å². The minimum Gasteiger partial charge on any atom is -0.376 e. The Hall–Kier alpha value is -0.860. The van der Waals surface area contributed by atoms with Crippen LogP contribution < -0.4 is 5.32 Å². The highest BCUT2D eigenvalue weighted by atomic mass is 127. The molecule has 6 heteroatoms. The second-order valence-corrected chi connectivity index (χ2v) is 7.00. The third kappa shape index (κ3) is 5.57. The lowest BCUT2D eigenvalue weighted by Crippen LogP contribution is -2.48. The van der Waals surface area contributed by atoms with Gasteiger partial charge in [-0.2, -0.15) is 0 Å². The number of halogens is 1. The molecule has 2 aliphatic heterocycles. The quantitative estimate of drug-likeness (QED) is 0.414. The zero-order valence-electron chi connectivity index (χ0n) is 16.2. The first-order chi connectivity index (χ1) is 12.2. The predicted molar refractivity (Wildman–Crippen MR) is 117 cm³/mol. The molecule has 5 nitrogen and oxygen atoms in total. The van der Waals surface area contributed by atoms with Gasteiger partial charge in [0.15, 0.2) is 5.96 Å². The van der Waals surface area contributed by atoms with Crippen molar-refractivity contribution in [2.24, 2.45) is 4.99 Å². The molecule has 3 rings (SSSR count). The number of nitrogens with zero attached hydrogens (tertiary/aromatic N) is 2. The summed E-state index contributed by atoms with van der Waals surface area (Å²) in [6, 6.07) is 6.60. The van der Waals surface area contributed by atoms with E-state index in [2.05, 4.69) is 49.2 Å². The number of guanidine groups is 1. The van der Waals surface area contributed by atoms with Gasteiger partial charge < -0.3 is 19.7 Å². The van der Waals surface area contributed by atoms with Crippen molar-refractivity contribution >= 4 is 29.9 Å². The highest BCUT2D eigenvalue weighted by molar-refractivity contribution is 14.0. The van der Waals surface area contributed by atoms with Crippen LogP contribution in [0.4, 0.5) is 0 Å². The van der Waals surface area contributed by atoms with Crippen LogP contribution in [-0.4, -0.2) is 56.4 Å². The highest BCUT2D eigenvalue weighted by Gasteiger charge is 2.25. The van der Waals surface area contributed by atoms with E-state index >= 15 is 0 Å². The van der Waals surface area contributed by atoms with E-state index < -0.39 is 0 Å². The summed E-state index contributed by atoms with van der Waals surface area (Å²) in [6.07, 6.45) is 2.66. The molecule has 2 atom stereocenters. The number of hydrogen-bond donors (Lipinski definition) is 1. The molecule has 0 amide bonds. The molecule has 0 spiro atoms. The molecule has 1 aromatic rings. The number of rotatable bonds is 4. The van der Waals surface area contributed by atoms with E-state index in [1.54, 1.807) is 0 Å². The standard InChI is InChI=1S/C20H31N3O2.HI/c1-4-21-20(22-13-17-6-5-10-24-17)23-9-11-25-19(14-23)18-8-7-15(2)12-16(18)3;/h7-8,12,17,19H,4-6,9-11,13-14H2,1-3H3,(H,21,22);1H. The largest absolute Gasteiger partial charge is 0.376 e. The Morgan fingerprint density at radius 1 is 1.27 bits per heavy atom. The summed E-state index contributed by atoms with van der Waals surface area (Å²) >= 11 is 0. The van der Waals surface area contributed by atoms with Crippen LogP contribution >= 0.6 is 24.0 Å². The first-order valence-corrected chi connectivity index (χ1v) is 9.51. The topological polar surface area (TPSA) is 46.1 Å². The maximum atomic E-state index is 6.07. The summed E-state index contributed by atoms with van der Waals surface area (Å²) in [4.78, 5) is 7.16. The van der Waals surface area contributed by atoms with E-state index in [9.17, 15) is 0 Å². The molecule has 0 aliphatic carbocycles. The van der Waals surface area contributed by atoms with Crippen molar-refractivity contribution in [3.8, 4) is 0 Å². The number of hydrogen-bond acceptors (Lipinski definition) is 3. The van der Waals surface area contributed by atoms with Crippen molar-refractivity contribution in [1.29, 1.82) is 0 Å². The molecule has 1 N–H and O–H groups in total. The molecule has 2 saturated heterocycles. The monoisotopic (exact) mass is 473 g/mol. The third-order valence-corrected chi connectivity index (χ3v) is 4.94. The van der Waals surface area contributed by atoms with Crippen LogP contribution in [0.2, 0.25) is 0 Å². The highest BCUT2D eigenvalue weighted by Crippen LogP contribution is 2.26. The van der Waals surface area contributed by atoms with Crippen LogP contribution in [0, 0.1) is 13.8 Å². The SMILES string of the molecule is CCNC(=NCC1CCCO1)N1CCOC(c2ccc(C)cc2C)C1.I. The first-order valence-electron chi connectivity index (χ1n) is 9.51. The lowest BCUT2D eigenvalue weighted by Gasteiger charge is -2.36. The molecule has 0 bridgehead atoms. The molecule has 146 valence electrons. The van der Waals surface area contributed by atoms with E-state index in [1.807, 2.05) is 0 Å². The number of aryl methyl sites for hydroxylation is 2. The summed E-state index contributed by atoms with van der Waals surface area (Å²) in [7, 11) is 0. The fraction of sp³-hybridized carbons (Fsp3) is 0.650. The Morgan fingerprint density at radius 3 is 2.81 bits per heavy atom. The molecule has 2 aliphatic rings. The van der Waals surface area contributed by atoms with Crippen LogP contribution in [0.1, 0.15) is 42.6 Å². The van der Waals surface area contributed by atoms with E-state index in [4.69, 9.17) is 14.5 Å². The average molecular weight is 473 g/mol. The van der Waals surface area contributed by atoms with Gasteiger partial charge in [-0.05, 0) is 44.7 Å². The molecule has 2 fully saturated rings. The number of morpholine rings is 1. The molecule has 2 unspecified atom stereocenters. The number of nitrogens with one attached hydrogen (secondary N) is 1. The lowest BCUT2D eigenvalue weighted by molar-refractivity contribution is -0.00842. The van der Waals surface area contributed by atoms with Crippen LogP contribution in [-0.2, 0) is 9.47 Å². The Bertz CT molecular complexity index is 603. The molecule has 26 heavy (non-hydrogen) atoms. The fourth-order valence-corrected chi connectivity index (χ4v) is 3.62. The maximum absolute atomic E-state index is 6.07. The van der Waals surface area contributed by atoms with Crippen molar-refractivity contribution in [2.75, 3.05) is 39.4 Å². The summed E-state index contributed by atoms with van der Waals surface area (Å²) in [5, 5.41) is 3.44. The molecule has 0 aromatic heterocycles. The minimum atomic E-state index is 0. The van der Waals surface area contributed by atoms with E-state index in [0.717, 1.165) is 58.2 Å². The van der Waals surface area contributed by atoms with Crippen molar-refractivity contribution in [3.05, 3.63) is 34.9 Å². The minimum absolute atomic E-state index is 0. The lowest BCUT2D eigenvalue weighted by atomic mass is 10.00. The van der Waals surface area contributed by atoms with Gasteiger partial charge in [0.1, 0.15) is 6.10 Å². The molecule has 2 heterocycles. The van der Waals surface area contributed by atoms with Crippen LogP contribution in [0.3, 0.4) is 0 Å². The van der Waals surface area contributed by atoms with E-state index in [1.165, 1.54) is 16.7 Å². The van der Waals surface area contributed by atoms with Gasteiger partial charge in [-0.3, -0.25) is 4.99 Å². The Kier molecular flexibility index (Phi) is 8.63. The van der Waals surface area contributed by atoms with Crippen LogP contribution in [0.15, 0.2) is 23.2 Å². The molecule has 0 radical (unpaired) electrons. The van der Waals surface area contributed by atoms with Gasteiger partial charge in [0.2, 0.25) is 0 Å². The number of benzene rings is 1. The van der Waals surface area contributed by atoms with E-state index in [-0.39, 0.29) is 36.2 Å². The van der Waals surface area contributed by atoms with E-state index in [0.29, 0.717) is 0 Å². The van der Waals surface area contributed by atoms with Gasteiger partial charge in [-0.15, -0.1) is 24.0 Å². The predicted octanol–water partition coefficient (Wildman–Crippen LogP) is 3.44. The van der Waals surface area contributed by atoms with Crippen LogP contribution in [0.5, 0.6) is 0 Å². The van der Waals surface area contributed by atoms with Gasteiger partial charge >= 0.3 is 0 Å². The van der Waals surface area contributed by atoms with Crippen molar-refractivity contribution in [2.45, 2.75) is 45.8 Å². The maximum Gasteiger partial charge on any atom is 0.194 e. The second-order valence-electron chi connectivity index (χ2n) is 7.00. The van der Waals surface area contributed by atoms with Gasteiger partial charge in [-0.1, -0.05) is 23.8 Å². The Labute approximate surface area is 174 Å². The molecule has 0 saturated carbocycles. The summed E-state index contributed by atoms with van der Waals surface area (Å²) in [5.41, 5.74) is 3.87. The van der Waals surface area contributed by atoms with Gasteiger partial charge in [-0.25, -0.2) is 0 Å². The molecule has 1 aromatic carbocycles. The molecular formula is C20H32IN3O2. The van der Waals surface area contributed by atoms with Gasteiger partial charge in [0.05, 0.1) is 25.8 Å². The molecular weight excluding hydrogens is 441 g/mol. The fourth-order valence-electron chi connectivity index (χ4n) is 3.62. The van der Waals surface area contributed by atoms with Gasteiger partial charge in [0.25, 0.3) is 0 Å². The summed E-state index contributed by atoms with van der Waals surface area (Å²) in [6.45, 7) is 11.3. The summed E-state index contributed by atoms with van der Waals surface area (Å²) < 4.78 is 11.8. The zero-order chi connectivity index (χ0) is 17.6. The Balaban J connectivity index is 0.00000243. The third-order valence-electron chi connectivity index (χ3n) is 4.94. The number of aliphatic imine (C=N–C) groups is 1. The Morgan fingerprint density at radius 2 is 2.12 bits per heavy atom. The zero-order valence-corrected chi connectivity index (χ0v) is 18.5. The normalized spacial score (nSPS) is 23.7. The van der Waals surface area contributed by atoms with Crippen LogP contribution in [0.25, 0.3) is 0 Å². The summed E-state index contributed by atoms with van der Waals surface area (Å²) in [5.74, 6) is 0.982.